The van der Waals surface area contributed by atoms with Crippen molar-refractivity contribution in [2.45, 2.75) is 39.3 Å². The van der Waals surface area contributed by atoms with E-state index in [4.69, 9.17) is 5.73 Å². The lowest BCUT2D eigenvalue weighted by atomic mass is 9.92. The van der Waals surface area contributed by atoms with Gasteiger partial charge in [0.15, 0.2) is 0 Å². The van der Waals surface area contributed by atoms with Gasteiger partial charge in [0.1, 0.15) is 0 Å². The summed E-state index contributed by atoms with van der Waals surface area (Å²) in [7, 11) is 0. The number of likely N-dealkylation sites (tertiary alicyclic amines) is 1. The minimum absolute atomic E-state index is 0.0552. The molecule has 0 spiro atoms. The number of rotatable bonds is 4. The fraction of sp³-hybridized carbons (Fsp3) is 0.909. The molecule has 1 amide bonds. The molecule has 4 heteroatoms. The number of hydrogen-bond acceptors (Lipinski definition) is 3. The Hall–Kier alpha value is -0.610. The molecule has 1 aliphatic rings. The number of nitrogens with two attached hydrogens (primary N) is 1. The van der Waals surface area contributed by atoms with E-state index < -0.39 is 0 Å². The normalized spacial score (nSPS) is 22.3. The van der Waals surface area contributed by atoms with Crippen LogP contribution in [0, 0.1) is 5.92 Å². The summed E-state index contributed by atoms with van der Waals surface area (Å²) < 4.78 is 0. The average molecular weight is 213 g/mol. The van der Waals surface area contributed by atoms with Gasteiger partial charge < -0.3 is 11.1 Å². The zero-order valence-electron chi connectivity index (χ0n) is 10.2. The lowest BCUT2D eigenvalue weighted by Gasteiger charge is -2.48. The molecule has 1 unspecified atom stereocenters. The molecular formula is C11H23N3O. The highest BCUT2D eigenvalue weighted by molar-refractivity contribution is 5.81. The fourth-order valence-electron chi connectivity index (χ4n) is 1.77. The van der Waals surface area contributed by atoms with E-state index in [0.29, 0.717) is 5.92 Å². The van der Waals surface area contributed by atoms with Gasteiger partial charge in [0, 0.05) is 25.2 Å². The van der Waals surface area contributed by atoms with Crippen molar-refractivity contribution in [1.82, 2.24) is 10.2 Å². The summed E-state index contributed by atoms with van der Waals surface area (Å²) in [6.07, 6.45) is 0. The predicted molar refractivity (Wildman–Crippen MR) is 61.5 cm³/mol. The van der Waals surface area contributed by atoms with Crippen LogP contribution in [-0.4, -0.2) is 42.0 Å². The van der Waals surface area contributed by atoms with E-state index in [0.717, 1.165) is 19.6 Å². The number of carbonyl (C=O) groups excluding carboxylic acids is 1. The van der Waals surface area contributed by atoms with Gasteiger partial charge in [-0.2, -0.15) is 0 Å². The average Bonchev–Trinajstić information content (AvgIpc) is 2.08. The molecule has 3 N–H and O–H groups in total. The standard InChI is InChI=1S/C11H23N3O/c1-8(2)5-13-10(15)9(3)14-6-11(4,12)7-14/h8-9H,5-7,12H2,1-4H3,(H,13,15). The Kier molecular flexibility index (Phi) is 3.73. The van der Waals surface area contributed by atoms with Gasteiger partial charge in [-0.3, -0.25) is 9.69 Å². The molecule has 0 radical (unpaired) electrons. The fourth-order valence-corrected chi connectivity index (χ4v) is 1.77. The molecule has 1 aliphatic heterocycles. The van der Waals surface area contributed by atoms with E-state index in [2.05, 4.69) is 24.1 Å². The van der Waals surface area contributed by atoms with Crippen molar-refractivity contribution in [3.05, 3.63) is 0 Å². The number of nitrogens with one attached hydrogen (secondary N) is 1. The Morgan fingerprint density at radius 1 is 1.47 bits per heavy atom. The second-order valence-corrected chi connectivity index (χ2v) is 5.37. The maximum absolute atomic E-state index is 11.7. The number of amides is 1. The molecular weight excluding hydrogens is 190 g/mol. The molecule has 1 heterocycles. The van der Waals surface area contributed by atoms with Crippen molar-refractivity contribution in [2.75, 3.05) is 19.6 Å². The van der Waals surface area contributed by atoms with Crippen molar-refractivity contribution in [3.8, 4) is 0 Å². The second kappa shape index (κ2) is 4.49. The van der Waals surface area contributed by atoms with Gasteiger partial charge in [-0.1, -0.05) is 13.8 Å². The number of carbonyl (C=O) groups is 1. The summed E-state index contributed by atoms with van der Waals surface area (Å²) in [5.41, 5.74) is 5.79. The minimum atomic E-state index is -0.105. The zero-order chi connectivity index (χ0) is 11.6. The van der Waals surface area contributed by atoms with Crippen LogP contribution in [0.15, 0.2) is 0 Å². The number of nitrogens with zero attached hydrogens (tertiary/aromatic N) is 1. The molecule has 15 heavy (non-hydrogen) atoms. The first-order valence-corrected chi connectivity index (χ1v) is 5.62. The first-order chi connectivity index (χ1) is 6.82. The summed E-state index contributed by atoms with van der Waals surface area (Å²) in [6, 6.07) is -0.0552. The lowest BCUT2D eigenvalue weighted by Crippen LogP contribution is -2.69. The van der Waals surface area contributed by atoms with Crippen LogP contribution in [0.25, 0.3) is 0 Å². The highest BCUT2D eigenvalue weighted by atomic mass is 16.2. The Bertz CT molecular complexity index is 230. The molecule has 0 aliphatic carbocycles. The molecule has 0 aromatic rings. The predicted octanol–water partition coefficient (Wildman–Crippen LogP) is 0.180. The molecule has 4 nitrogen and oxygen atoms in total. The van der Waals surface area contributed by atoms with Gasteiger partial charge >= 0.3 is 0 Å². The van der Waals surface area contributed by atoms with Crippen LogP contribution in [0.3, 0.4) is 0 Å². The molecule has 0 aromatic heterocycles. The van der Waals surface area contributed by atoms with Crippen LogP contribution in [-0.2, 0) is 4.79 Å². The maximum atomic E-state index is 11.7. The van der Waals surface area contributed by atoms with Crippen LogP contribution in [0.1, 0.15) is 27.7 Å². The Morgan fingerprint density at radius 3 is 2.40 bits per heavy atom. The smallest absolute Gasteiger partial charge is 0.237 e. The third-order valence-corrected chi connectivity index (χ3v) is 2.74. The molecule has 1 rings (SSSR count). The first kappa shape index (κ1) is 12.5. The third kappa shape index (κ3) is 3.47. The van der Waals surface area contributed by atoms with E-state index in [-0.39, 0.29) is 17.5 Å². The van der Waals surface area contributed by atoms with Crippen molar-refractivity contribution in [1.29, 1.82) is 0 Å². The van der Waals surface area contributed by atoms with Crippen molar-refractivity contribution >= 4 is 5.91 Å². The summed E-state index contributed by atoms with van der Waals surface area (Å²) in [5, 5.41) is 2.94. The van der Waals surface area contributed by atoms with Crippen molar-refractivity contribution < 1.29 is 4.79 Å². The monoisotopic (exact) mass is 213 g/mol. The maximum Gasteiger partial charge on any atom is 0.237 e. The van der Waals surface area contributed by atoms with E-state index >= 15 is 0 Å². The second-order valence-electron chi connectivity index (χ2n) is 5.37. The molecule has 0 saturated carbocycles. The SMILES string of the molecule is CC(C)CNC(=O)C(C)N1CC(C)(N)C1. The Balaban J connectivity index is 2.29. The van der Waals surface area contributed by atoms with E-state index in [1.807, 2.05) is 13.8 Å². The summed E-state index contributed by atoms with van der Waals surface area (Å²) in [4.78, 5) is 13.8. The van der Waals surface area contributed by atoms with Crippen LogP contribution in [0.5, 0.6) is 0 Å². The largest absolute Gasteiger partial charge is 0.354 e. The molecule has 0 aromatic carbocycles. The van der Waals surface area contributed by atoms with Gasteiger partial charge in [0.2, 0.25) is 5.91 Å². The Morgan fingerprint density at radius 2 is 2.00 bits per heavy atom. The molecule has 88 valence electrons. The van der Waals surface area contributed by atoms with Gasteiger partial charge in [0.05, 0.1) is 6.04 Å². The van der Waals surface area contributed by atoms with E-state index in [9.17, 15) is 4.79 Å². The van der Waals surface area contributed by atoms with Crippen LogP contribution < -0.4 is 11.1 Å². The Labute approximate surface area is 92.2 Å². The molecule has 0 bridgehead atoms. The van der Waals surface area contributed by atoms with Crippen LogP contribution in [0.2, 0.25) is 0 Å². The van der Waals surface area contributed by atoms with Gasteiger partial charge in [-0.15, -0.1) is 0 Å². The molecule has 1 fully saturated rings. The number of hydrogen-bond donors (Lipinski definition) is 2. The summed E-state index contributed by atoms with van der Waals surface area (Å²) in [5.74, 6) is 0.608. The van der Waals surface area contributed by atoms with Crippen LogP contribution >= 0.6 is 0 Å². The molecule has 1 atom stereocenters. The molecule has 1 saturated heterocycles. The van der Waals surface area contributed by atoms with E-state index in [1.54, 1.807) is 0 Å². The highest BCUT2D eigenvalue weighted by Gasteiger charge is 2.39. The summed E-state index contributed by atoms with van der Waals surface area (Å²) in [6.45, 7) is 10.5. The topological polar surface area (TPSA) is 58.4 Å². The van der Waals surface area contributed by atoms with E-state index in [1.165, 1.54) is 0 Å². The van der Waals surface area contributed by atoms with Gasteiger partial charge in [0.25, 0.3) is 0 Å². The first-order valence-electron chi connectivity index (χ1n) is 5.62. The minimum Gasteiger partial charge on any atom is -0.354 e. The zero-order valence-corrected chi connectivity index (χ0v) is 10.2. The third-order valence-electron chi connectivity index (χ3n) is 2.74. The van der Waals surface area contributed by atoms with Gasteiger partial charge in [-0.05, 0) is 19.8 Å². The highest BCUT2D eigenvalue weighted by Crippen LogP contribution is 2.19. The van der Waals surface area contributed by atoms with Crippen molar-refractivity contribution in [2.24, 2.45) is 11.7 Å². The van der Waals surface area contributed by atoms with Crippen molar-refractivity contribution in [3.63, 3.8) is 0 Å². The van der Waals surface area contributed by atoms with Crippen LogP contribution in [0.4, 0.5) is 0 Å². The van der Waals surface area contributed by atoms with Gasteiger partial charge in [-0.25, -0.2) is 0 Å². The lowest BCUT2D eigenvalue weighted by molar-refractivity contribution is -0.128. The summed E-state index contributed by atoms with van der Waals surface area (Å²) >= 11 is 0. The quantitative estimate of drug-likeness (QED) is 0.700.